The van der Waals surface area contributed by atoms with Crippen LogP contribution >= 0.6 is 0 Å². The van der Waals surface area contributed by atoms with Crippen molar-refractivity contribution in [3.05, 3.63) is 52.1 Å². The van der Waals surface area contributed by atoms with Crippen molar-refractivity contribution in [3.8, 4) is 6.07 Å². The predicted octanol–water partition coefficient (Wildman–Crippen LogP) is 2.53. The lowest BCUT2D eigenvalue weighted by molar-refractivity contribution is 0.764. The Morgan fingerprint density at radius 1 is 1.35 bits per heavy atom. The van der Waals surface area contributed by atoms with Crippen LogP contribution in [0.15, 0.2) is 35.1 Å². The van der Waals surface area contributed by atoms with Gasteiger partial charge in [0.2, 0.25) is 0 Å². The summed E-state index contributed by atoms with van der Waals surface area (Å²) in [5, 5.41) is 8.94. The second-order valence-corrected chi connectivity index (χ2v) is 4.86. The first-order valence-corrected chi connectivity index (χ1v) is 6.36. The normalized spacial score (nSPS) is 10.3. The second kappa shape index (κ2) is 5.57. The van der Waals surface area contributed by atoms with E-state index in [-0.39, 0.29) is 11.5 Å². The molecule has 0 fully saturated rings. The average molecular weight is 268 g/mol. The van der Waals surface area contributed by atoms with Crippen molar-refractivity contribution in [2.45, 2.75) is 19.8 Å². The number of nitrogens with one attached hydrogen (secondary N) is 1. The van der Waals surface area contributed by atoms with Gasteiger partial charge in [-0.1, -0.05) is 19.9 Å². The highest BCUT2D eigenvalue weighted by molar-refractivity contribution is 5.60. The molecule has 5 heteroatoms. The monoisotopic (exact) mass is 268 g/mol. The summed E-state index contributed by atoms with van der Waals surface area (Å²) in [6.45, 7) is 3.94. The number of rotatable bonds is 3. The molecule has 0 amide bonds. The molecule has 0 spiro atoms. The SMILES string of the molecule is CC(C)c1nc(N(C)c2cccc(C#N)c2)cc(=O)[nH]1. The first kappa shape index (κ1) is 13.8. The maximum Gasteiger partial charge on any atom is 0.253 e. The highest BCUT2D eigenvalue weighted by Crippen LogP contribution is 2.22. The molecular formula is C15H16N4O. The maximum atomic E-state index is 11.7. The molecule has 1 heterocycles. The molecule has 102 valence electrons. The number of hydrogen-bond acceptors (Lipinski definition) is 4. The molecule has 0 saturated carbocycles. The van der Waals surface area contributed by atoms with Crippen molar-refractivity contribution < 1.29 is 0 Å². The van der Waals surface area contributed by atoms with Gasteiger partial charge in [0.1, 0.15) is 11.6 Å². The molecule has 20 heavy (non-hydrogen) atoms. The van der Waals surface area contributed by atoms with Crippen molar-refractivity contribution in [1.29, 1.82) is 5.26 Å². The Labute approximate surface area is 117 Å². The van der Waals surface area contributed by atoms with E-state index < -0.39 is 0 Å². The summed E-state index contributed by atoms with van der Waals surface area (Å²) < 4.78 is 0. The van der Waals surface area contributed by atoms with E-state index in [1.165, 1.54) is 6.07 Å². The van der Waals surface area contributed by atoms with Crippen LogP contribution in [0, 0.1) is 11.3 Å². The molecule has 0 aliphatic heterocycles. The van der Waals surface area contributed by atoms with Gasteiger partial charge >= 0.3 is 0 Å². The van der Waals surface area contributed by atoms with Crippen LogP contribution in [0.5, 0.6) is 0 Å². The Hall–Kier alpha value is -2.61. The number of H-pyrrole nitrogens is 1. The number of nitrogens with zero attached hydrogens (tertiary/aromatic N) is 3. The van der Waals surface area contributed by atoms with E-state index in [1.807, 2.05) is 27.0 Å². The summed E-state index contributed by atoms with van der Waals surface area (Å²) >= 11 is 0. The van der Waals surface area contributed by atoms with Gasteiger partial charge in [0, 0.05) is 24.7 Å². The fourth-order valence-electron chi connectivity index (χ4n) is 1.82. The molecule has 5 nitrogen and oxygen atoms in total. The van der Waals surface area contributed by atoms with Crippen molar-refractivity contribution >= 4 is 11.5 Å². The Kier molecular flexibility index (Phi) is 3.85. The lowest BCUT2D eigenvalue weighted by Crippen LogP contribution is -2.19. The quantitative estimate of drug-likeness (QED) is 0.928. The number of aromatic nitrogens is 2. The Balaban J connectivity index is 2.45. The van der Waals surface area contributed by atoms with Gasteiger partial charge < -0.3 is 9.88 Å². The molecule has 1 N–H and O–H groups in total. The van der Waals surface area contributed by atoms with Crippen molar-refractivity contribution in [3.63, 3.8) is 0 Å². The summed E-state index contributed by atoms with van der Waals surface area (Å²) in [4.78, 5) is 20.7. The van der Waals surface area contributed by atoms with E-state index in [4.69, 9.17) is 5.26 Å². The van der Waals surface area contributed by atoms with Crippen LogP contribution in [-0.4, -0.2) is 17.0 Å². The molecule has 1 aromatic heterocycles. The number of anilines is 2. The van der Waals surface area contributed by atoms with Gasteiger partial charge in [-0.25, -0.2) is 4.98 Å². The third-order valence-corrected chi connectivity index (χ3v) is 3.00. The fraction of sp³-hybridized carbons (Fsp3) is 0.267. The van der Waals surface area contributed by atoms with E-state index in [9.17, 15) is 4.79 Å². The zero-order valence-electron chi connectivity index (χ0n) is 11.7. The van der Waals surface area contributed by atoms with Crippen molar-refractivity contribution in [2.24, 2.45) is 0 Å². The molecule has 0 aliphatic rings. The summed E-state index contributed by atoms with van der Waals surface area (Å²) in [5.74, 6) is 1.35. The first-order valence-electron chi connectivity index (χ1n) is 6.36. The van der Waals surface area contributed by atoms with Gasteiger partial charge in [-0.05, 0) is 18.2 Å². The van der Waals surface area contributed by atoms with Crippen LogP contribution in [-0.2, 0) is 0 Å². The van der Waals surface area contributed by atoms with E-state index in [2.05, 4.69) is 16.0 Å². The minimum atomic E-state index is -0.179. The van der Waals surface area contributed by atoms with E-state index in [1.54, 1.807) is 23.1 Å². The predicted molar refractivity (Wildman–Crippen MR) is 78.2 cm³/mol. The van der Waals surface area contributed by atoms with Crippen LogP contribution in [0.1, 0.15) is 31.2 Å². The third-order valence-electron chi connectivity index (χ3n) is 3.00. The summed E-state index contributed by atoms with van der Waals surface area (Å²) in [7, 11) is 1.82. The zero-order valence-corrected chi connectivity index (χ0v) is 11.7. The van der Waals surface area contributed by atoms with Gasteiger partial charge in [0.05, 0.1) is 11.6 Å². The number of benzene rings is 1. The van der Waals surface area contributed by atoms with E-state index in [0.29, 0.717) is 17.2 Å². The highest BCUT2D eigenvalue weighted by Gasteiger charge is 2.10. The summed E-state index contributed by atoms with van der Waals surface area (Å²) in [6, 6.07) is 10.7. The maximum absolute atomic E-state index is 11.7. The van der Waals surface area contributed by atoms with Crippen molar-refractivity contribution in [1.82, 2.24) is 9.97 Å². The Morgan fingerprint density at radius 3 is 2.75 bits per heavy atom. The standard InChI is InChI=1S/C15H16N4O/c1-10(2)15-17-13(8-14(20)18-15)19(3)12-6-4-5-11(7-12)9-16/h4-8,10H,1-3H3,(H,17,18,20). The molecule has 2 aromatic rings. The third kappa shape index (κ3) is 2.86. The molecule has 0 aliphatic carbocycles. The molecule has 0 radical (unpaired) electrons. The number of hydrogen-bond donors (Lipinski definition) is 1. The summed E-state index contributed by atoms with van der Waals surface area (Å²) in [5.41, 5.74) is 1.21. The van der Waals surface area contributed by atoms with Gasteiger partial charge in [-0.15, -0.1) is 0 Å². The zero-order chi connectivity index (χ0) is 14.7. The number of aromatic amines is 1. The molecule has 0 bridgehead atoms. The molecule has 2 rings (SSSR count). The molecule has 0 atom stereocenters. The first-order chi connectivity index (χ1) is 9.51. The smallest absolute Gasteiger partial charge is 0.253 e. The largest absolute Gasteiger partial charge is 0.329 e. The average Bonchev–Trinajstić information content (AvgIpc) is 2.45. The highest BCUT2D eigenvalue weighted by atomic mass is 16.1. The Morgan fingerprint density at radius 2 is 2.10 bits per heavy atom. The Bertz CT molecular complexity index is 712. The van der Waals surface area contributed by atoms with E-state index in [0.717, 1.165) is 5.69 Å². The molecule has 0 saturated heterocycles. The molecule has 0 unspecified atom stereocenters. The number of nitriles is 1. The lowest BCUT2D eigenvalue weighted by atomic mass is 10.2. The van der Waals surface area contributed by atoms with E-state index >= 15 is 0 Å². The van der Waals surface area contributed by atoms with Crippen LogP contribution in [0.2, 0.25) is 0 Å². The minimum absolute atomic E-state index is 0.140. The fourth-order valence-corrected chi connectivity index (χ4v) is 1.82. The van der Waals surface area contributed by atoms with Crippen LogP contribution in [0.4, 0.5) is 11.5 Å². The van der Waals surface area contributed by atoms with Gasteiger partial charge in [0.15, 0.2) is 0 Å². The van der Waals surface area contributed by atoms with Crippen LogP contribution in [0.3, 0.4) is 0 Å². The minimum Gasteiger partial charge on any atom is -0.329 e. The molecule has 1 aromatic carbocycles. The van der Waals surface area contributed by atoms with Crippen LogP contribution < -0.4 is 10.5 Å². The second-order valence-electron chi connectivity index (χ2n) is 4.86. The van der Waals surface area contributed by atoms with Gasteiger partial charge in [-0.2, -0.15) is 5.26 Å². The van der Waals surface area contributed by atoms with Crippen LogP contribution in [0.25, 0.3) is 0 Å². The summed E-state index contributed by atoms with van der Waals surface area (Å²) in [6.07, 6.45) is 0. The van der Waals surface area contributed by atoms with Gasteiger partial charge in [0.25, 0.3) is 5.56 Å². The topological polar surface area (TPSA) is 72.8 Å². The lowest BCUT2D eigenvalue weighted by Gasteiger charge is -2.19. The van der Waals surface area contributed by atoms with Gasteiger partial charge in [-0.3, -0.25) is 4.79 Å². The van der Waals surface area contributed by atoms with Crippen molar-refractivity contribution in [2.75, 3.05) is 11.9 Å². The molecular weight excluding hydrogens is 252 g/mol.